The van der Waals surface area contributed by atoms with Crippen molar-refractivity contribution in [1.29, 1.82) is 0 Å². The molecule has 24 heteroatoms. The molecule has 0 radical (unpaired) electrons. The monoisotopic (exact) mass is 1380 g/mol. The molecule has 0 fully saturated rings. The number of phenolic OH excluding ortho intramolecular Hbond substituents is 3. The van der Waals surface area contributed by atoms with Gasteiger partial charge in [0.05, 0.1) is 19.3 Å². The largest absolute Gasteiger partial charge is 0.508 e. The van der Waals surface area contributed by atoms with Crippen LogP contribution in [0, 0.1) is 0 Å². The fraction of sp³-hybridized carbons (Fsp3) is 0.408. The molecular weight excluding hydrogens is 1280 g/mol. The summed E-state index contributed by atoms with van der Waals surface area (Å²) in [5.74, 6) is -4.90. The van der Waals surface area contributed by atoms with Gasteiger partial charge in [0, 0.05) is 23.0 Å². The van der Waals surface area contributed by atoms with E-state index in [4.69, 9.17) is 31.4 Å². The van der Waals surface area contributed by atoms with E-state index in [2.05, 4.69) is 16.0 Å². The number of nitrogens with one attached hydrogen (secondary N) is 3. The highest BCUT2D eigenvalue weighted by molar-refractivity contribution is 6.05. The Bertz CT molecular complexity index is 3330. The fourth-order valence-corrected chi connectivity index (χ4v) is 10.9. The van der Waals surface area contributed by atoms with Gasteiger partial charge in [-0.3, -0.25) is 28.8 Å². The number of unbranched alkanes of at least 4 members (excludes halogenated alkanes) is 3. The van der Waals surface area contributed by atoms with E-state index in [1.165, 1.54) is 72.8 Å². The summed E-state index contributed by atoms with van der Waals surface area (Å²) in [7, 11) is 0. The smallest absolute Gasteiger partial charge is 0.417 e. The maximum absolute atomic E-state index is 14.7. The van der Waals surface area contributed by atoms with E-state index in [1.807, 2.05) is 0 Å². The number of aromatic hydroxyl groups is 3. The van der Waals surface area contributed by atoms with E-state index in [0.29, 0.717) is 89.0 Å². The minimum atomic E-state index is -1.35. The van der Waals surface area contributed by atoms with Gasteiger partial charge in [-0.25, -0.2) is 29.1 Å². The van der Waals surface area contributed by atoms with Crippen LogP contribution in [0.15, 0.2) is 146 Å². The minimum Gasteiger partial charge on any atom is -0.508 e. The molecule has 6 aromatic rings. The van der Waals surface area contributed by atoms with Gasteiger partial charge in [-0.1, -0.05) is 72.8 Å². The van der Waals surface area contributed by atoms with Crippen LogP contribution < -0.4 is 33.2 Å². The Balaban J connectivity index is 1.39. The number of nitrogens with zero attached hydrogens (tertiary/aromatic N) is 3. The summed E-state index contributed by atoms with van der Waals surface area (Å²) in [5.41, 5.74) is 18.8. The molecule has 0 unspecified atom stereocenters. The number of nitrogens with two attached hydrogens (primary N) is 3. The number of amides is 9. The molecule has 12 N–H and O–H groups in total. The topological polar surface area (TPSA) is 366 Å². The summed E-state index contributed by atoms with van der Waals surface area (Å²) in [6, 6.07) is 34.2. The van der Waals surface area contributed by atoms with Crippen LogP contribution in [-0.2, 0) is 62.2 Å². The third kappa shape index (κ3) is 24.7. The number of carbonyl (C=O) groups is 9. The van der Waals surface area contributed by atoms with Crippen LogP contribution in [-0.4, -0.2) is 138 Å². The number of ether oxygens (including phenoxy) is 3. The third-order valence-corrected chi connectivity index (χ3v) is 15.6. The summed E-state index contributed by atoms with van der Waals surface area (Å²) < 4.78 is 17.2. The molecule has 0 aliphatic carbocycles. The molecule has 3 atom stereocenters. The Morgan fingerprint density at radius 2 is 0.570 bits per heavy atom. The summed E-state index contributed by atoms with van der Waals surface area (Å²) >= 11 is 0. The van der Waals surface area contributed by atoms with Crippen molar-refractivity contribution in [3.05, 3.63) is 179 Å². The number of rotatable bonds is 30. The van der Waals surface area contributed by atoms with E-state index in [1.54, 1.807) is 135 Å². The predicted molar refractivity (Wildman–Crippen MR) is 381 cm³/mol. The number of benzene rings is 6. The molecule has 0 aliphatic heterocycles. The second kappa shape index (κ2) is 36.6. The van der Waals surface area contributed by atoms with Crippen molar-refractivity contribution in [2.75, 3.05) is 35.6 Å². The Morgan fingerprint density at radius 3 is 0.770 bits per heavy atom. The summed E-state index contributed by atoms with van der Waals surface area (Å²) in [5, 5.41) is 38.6. The van der Waals surface area contributed by atoms with Gasteiger partial charge in [-0.05, 0) is 246 Å². The van der Waals surface area contributed by atoms with Gasteiger partial charge in [0.1, 0.15) is 52.2 Å². The molecule has 0 saturated carbocycles. The lowest BCUT2D eigenvalue weighted by Crippen LogP contribution is -2.52. The Labute approximate surface area is 584 Å². The average Bonchev–Trinajstić information content (AvgIpc) is 0.812. The first-order chi connectivity index (χ1) is 47.3. The first-order valence-corrected chi connectivity index (χ1v) is 33.6. The van der Waals surface area contributed by atoms with Crippen molar-refractivity contribution < 1.29 is 72.7 Å². The normalized spacial score (nSPS) is 12.4. The predicted octanol–water partition coefficient (Wildman–Crippen LogP) is 11.3. The Morgan fingerprint density at radius 1 is 0.350 bits per heavy atom. The molecule has 0 saturated heterocycles. The van der Waals surface area contributed by atoms with Gasteiger partial charge < -0.3 is 62.7 Å². The maximum Gasteiger partial charge on any atom is 0.417 e. The number of anilines is 3. The van der Waals surface area contributed by atoms with E-state index in [-0.39, 0.29) is 75.4 Å². The fourth-order valence-electron chi connectivity index (χ4n) is 10.9. The lowest BCUT2D eigenvalue weighted by Gasteiger charge is -2.32. The number of carbonyl (C=O) groups excluding carboxylic acids is 9. The van der Waals surface area contributed by atoms with Crippen LogP contribution in [0.1, 0.15) is 159 Å². The average molecular weight is 1380 g/mol. The summed E-state index contributed by atoms with van der Waals surface area (Å²) in [6.07, 6.45) is -1.28. The van der Waals surface area contributed by atoms with Gasteiger partial charge >= 0.3 is 18.3 Å². The third-order valence-electron chi connectivity index (χ3n) is 15.6. The zero-order valence-electron chi connectivity index (χ0n) is 58.6. The van der Waals surface area contributed by atoms with Crippen LogP contribution in [0.5, 0.6) is 17.2 Å². The lowest BCUT2D eigenvalue weighted by molar-refractivity contribution is -0.137. The van der Waals surface area contributed by atoms with E-state index < -0.39 is 94.6 Å². The molecule has 6 aromatic carbocycles. The SMILES string of the molecule is CC(C)(C)OC(=O)N(C(=O)Cc1ccc(O)cc1)[C@@H](CCCCN)C(=O)Nc1ccc(C(c2ccc(NC(=O)[C@H](CCCCN)N(C(=O)Cc3ccc(O)cc3)C(=O)OC(C)(C)C)cc2)c2ccc(NC(=O)[C@H](CCCCN)N(C(=O)Cc3ccc(O)cc3)C(=O)OC(C)(C)C)cc2)cc1. The molecule has 0 spiro atoms. The van der Waals surface area contributed by atoms with Crippen molar-refractivity contribution in [2.24, 2.45) is 17.2 Å². The molecule has 0 heterocycles. The standard InChI is InChI=1S/C76H97N9O15/c1-74(2,3)98-71(95)83(64(89)46-49-19-37-58(86)38-20-49)61(16-10-13-43-77)68(92)80-55-31-25-52(26-32-55)67(53-27-33-56(34-28-53)81-69(93)62(17-11-14-44-78)84(72(96)99-75(4,5)6)65(90)47-50-21-39-59(87)40-22-50)54-29-35-57(36-30-54)82-70(94)63(18-12-15-45-79)85(73(97)100-76(7,8)9)66(91)48-51-23-41-60(88)42-24-51/h19-42,61-63,67,86-88H,10-18,43-48,77-79H2,1-9H3,(H,80,92)(H,81,93)(H,82,94)/t61-,62-,63-/m0/s1. The highest BCUT2D eigenvalue weighted by atomic mass is 16.6. The van der Waals surface area contributed by atoms with Crippen molar-refractivity contribution in [3.63, 3.8) is 0 Å². The van der Waals surface area contributed by atoms with Crippen LogP contribution in [0.3, 0.4) is 0 Å². The highest BCUT2D eigenvalue weighted by Gasteiger charge is 2.41. The second-order valence-corrected chi connectivity index (χ2v) is 27.4. The molecule has 0 bridgehead atoms. The molecule has 0 aromatic heterocycles. The van der Waals surface area contributed by atoms with Crippen molar-refractivity contribution in [2.45, 2.75) is 180 Å². The Kier molecular flexibility index (Phi) is 28.8. The summed E-state index contributed by atoms with van der Waals surface area (Å²) in [6.45, 7) is 15.6. The van der Waals surface area contributed by atoms with E-state index >= 15 is 0 Å². The first kappa shape index (κ1) is 78.8. The molecular formula is C76H97N9O15. The van der Waals surface area contributed by atoms with Crippen molar-refractivity contribution in [3.8, 4) is 17.2 Å². The van der Waals surface area contributed by atoms with Crippen LogP contribution >= 0.6 is 0 Å². The number of hydrogen-bond donors (Lipinski definition) is 9. The van der Waals surface area contributed by atoms with Gasteiger partial charge in [0.25, 0.3) is 0 Å². The lowest BCUT2D eigenvalue weighted by atomic mass is 9.85. The summed E-state index contributed by atoms with van der Waals surface area (Å²) in [4.78, 5) is 131. The molecule has 536 valence electrons. The zero-order valence-corrected chi connectivity index (χ0v) is 58.6. The number of imide groups is 3. The zero-order chi connectivity index (χ0) is 73.5. The van der Waals surface area contributed by atoms with Crippen LogP contribution in [0.25, 0.3) is 0 Å². The van der Waals surface area contributed by atoms with E-state index in [0.717, 1.165) is 14.7 Å². The van der Waals surface area contributed by atoms with Crippen molar-refractivity contribution in [1.82, 2.24) is 14.7 Å². The number of phenols is 3. The molecule has 24 nitrogen and oxygen atoms in total. The minimum absolute atomic E-state index is 0.0232. The van der Waals surface area contributed by atoms with E-state index in [9.17, 15) is 58.5 Å². The van der Waals surface area contributed by atoms with Gasteiger partial charge in [0.2, 0.25) is 35.4 Å². The highest BCUT2D eigenvalue weighted by Crippen LogP contribution is 2.35. The van der Waals surface area contributed by atoms with Crippen LogP contribution in [0.2, 0.25) is 0 Å². The quantitative estimate of drug-likeness (QED) is 0.0115. The molecule has 9 amide bonds. The van der Waals surface area contributed by atoms with Gasteiger partial charge in [-0.15, -0.1) is 0 Å². The van der Waals surface area contributed by atoms with Gasteiger partial charge in [0.15, 0.2) is 0 Å². The number of hydrogen-bond acceptors (Lipinski definition) is 18. The maximum atomic E-state index is 14.7. The van der Waals surface area contributed by atoms with Crippen LogP contribution in [0.4, 0.5) is 31.4 Å². The molecule has 100 heavy (non-hydrogen) atoms. The second-order valence-electron chi connectivity index (χ2n) is 27.4. The molecule has 0 aliphatic rings. The molecule has 6 rings (SSSR count). The first-order valence-electron chi connectivity index (χ1n) is 33.6. The van der Waals surface area contributed by atoms with Crippen molar-refractivity contribution >= 4 is 70.8 Å². The Hall–Kier alpha value is -10.2. The van der Waals surface area contributed by atoms with Gasteiger partial charge in [-0.2, -0.15) is 0 Å².